The first-order valence-corrected chi connectivity index (χ1v) is 10.0. The highest BCUT2D eigenvalue weighted by Gasteiger charge is 2.17. The van der Waals surface area contributed by atoms with Crippen LogP contribution in [0, 0.1) is 0 Å². The minimum Gasteiger partial charge on any atom is -0.496 e. The lowest BCUT2D eigenvalue weighted by molar-refractivity contribution is -0.117. The molecule has 0 saturated heterocycles. The zero-order chi connectivity index (χ0) is 18.4. The Kier molecular flexibility index (Phi) is 7.35. The second-order valence-electron chi connectivity index (χ2n) is 5.73. The molecule has 2 aromatic carbocycles. The molecule has 0 radical (unpaired) electrons. The molecule has 0 saturated carbocycles. The Balaban J connectivity index is 1.98. The summed E-state index contributed by atoms with van der Waals surface area (Å²) in [5.74, 6) is 0.730. The van der Waals surface area contributed by atoms with Crippen molar-refractivity contribution in [3.8, 4) is 5.75 Å². The lowest BCUT2D eigenvalue weighted by Crippen LogP contribution is -2.39. The Bertz CT molecular complexity index is 739. The maximum atomic E-state index is 12.4. The summed E-state index contributed by atoms with van der Waals surface area (Å²) >= 11 is 5.14. The van der Waals surface area contributed by atoms with E-state index >= 15 is 0 Å². The number of carbonyl (C=O) groups excluding carboxylic acids is 1. The van der Waals surface area contributed by atoms with Gasteiger partial charge < -0.3 is 10.1 Å². The third-order valence-corrected chi connectivity index (χ3v) is 5.25. The Hall–Kier alpha value is -1.50. The molecule has 0 spiro atoms. The lowest BCUT2D eigenvalue weighted by Gasteiger charge is -2.20. The van der Waals surface area contributed by atoms with Gasteiger partial charge in [-0.05, 0) is 71.9 Å². The van der Waals surface area contributed by atoms with Crippen LogP contribution in [0.15, 0.2) is 51.8 Å². The van der Waals surface area contributed by atoms with Crippen LogP contribution < -0.4 is 15.4 Å². The molecule has 0 aliphatic heterocycles. The molecule has 2 atom stereocenters. The number of ether oxygens (including phenoxy) is 1. The van der Waals surface area contributed by atoms with Gasteiger partial charge >= 0.3 is 0 Å². The van der Waals surface area contributed by atoms with E-state index in [1.807, 2.05) is 62.6 Å². The number of hydrogen-bond acceptors (Lipinski definition) is 4. The molecule has 0 bridgehead atoms. The van der Waals surface area contributed by atoms with Crippen molar-refractivity contribution >= 4 is 39.3 Å². The predicted octanol–water partition coefficient (Wildman–Crippen LogP) is 4.86. The van der Waals surface area contributed by atoms with E-state index in [0.29, 0.717) is 0 Å². The van der Waals surface area contributed by atoms with E-state index in [9.17, 15) is 4.79 Å². The maximum absolute atomic E-state index is 12.4. The summed E-state index contributed by atoms with van der Waals surface area (Å²) in [5, 5.41) is 6.29. The first-order chi connectivity index (χ1) is 11.9. The quantitative estimate of drug-likeness (QED) is 0.625. The van der Waals surface area contributed by atoms with Crippen LogP contribution in [0.5, 0.6) is 5.75 Å². The molecule has 2 rings (SSSR count). The number of rotatable bonds is 7. The smallest absolute Gasteiger partial charge is 0.241 e. The number of hydrogen-bond donors (Lipinski definition) is 2. The first kappa shape index (κ1) is 19.8. The van der Waals surface area contributed by atoms with Crippen LogP contribution in [0.1, 0.15) is 25.5 Å². The van der Waals surface area contributed by atoms with Crippen molar-refractivity contribution in [2.75, 3.05) is 18.7 Å². The highest BCUT2D eigenvalue weighted by molar-refractivity contribution is 9.10. The van der Waals surface area contributed by atoms with E-state index in [-0.39, 0.29) is 18.0 Å². The van der Waals surface area contributed by atoms with Crippen LogP contribution in [0.3, 0.4) is 0 Å². The molecule has 1 amide bonds. The van der Waals surface area contributed by atoms with Gasteiger partial charge in [0.05, 0.1) is 17.6 Å². The van der Waals surface area contributed by atoms with Gasteiger partial charge in [0, 0.05) is 16.6 Å². The molecule has 2 N–H and O–H groups in total. The predicted molar refractivity (Wildman–Crippen MR) is 109 cm³/mol. The second-order valence-corrected chi connectivity index (χ2v) is 7.46. The molecule has 6 heteroatoms. The number of methoxy groups -OCH3 is 1. The molecule has 25 heavy (non-hydrogen) atoms. The van der Waals surface area contributed by atoms with Gasteiger partial charge in [0.1, 0.15) is 5.75 Å². The van der Waals surface area contributed by atoms with Crippen molar-refractivity contribution in [2.24, 2.45) is 0 Å². The van der Waals surface area contributed by atoms with Gasteiger partial charge in [0.2, 0.25) is 5.91 Å². The molecule has 0 aliphatic rings. The van der Waals surface area contributed by atoms with Crippen LogP contribution in [0.4, 0.5) is 5.69 Å². The lowest BCUT2D eigenvalue weighted by atomic mass is 10.1. The summed E-state index contributed by atoms with van der Waals surface area (Å²) in [7, 11) is 1.64. The highest BCUT2D eigenvalue weighted by atomic mass is 79.9. The summed E-state index contributed by atoms with van der Waals surface area (Å²) < 4.78 is 6.15. The van der Waals surface area contributed by atoms with Crippen LogP contribution in [-0.4, -0.2) is 25.3 Å². The van der Waals surface area contributed by atoms with Gasteiger partial charge in [-0.3, -0.25) is 10.1 Å². The average molecular weight is 423 g/mol. The van der Waals surface area contributed by atoms with Crippen LogP contribution in [0.2, 0.25) is 0 Å². The molecule has 0 aromatic heterocycles. The molecule has 2 unspecified atom stereocenters. The molecular weight excluding hydrogens is 400 g/mol. The van der Waals surface area contributed by atoms with Gasteiger partial charge in [-0.1, -0.05) is 12.1 Å². The Morgan fingerprint density at radius 2 is 1.96 bits per heavy atom. The topological polar surface area (TPSA) is 50.4 Å². The van der Waals surface area contributed by atoms with Crippen molar-refractivity contribution in [1.82, 2.24) is 5.32 Å². The minimum absolute atomic E-state index is 0.0282. The van der Waals surface area contributed by atoms with Crippen molar-refractivity contribution in [2.45, 2.75) is 30.8 Å². The third kappa shape index (κ3) is 5.49. The van der Waals surface area contributed by atoms with E-state index in [0.717, 1.165) is 26.4 Å². The van der Waals surface area contributed by atoms with Crippen molar-refractivity contribution in [3.63, 3.8) is 0 Å². The van der Waals surface area contributed by atoms with Crippen molar-refractivity contribution < 1.29 is 9.53 Å². The number of thioether (sulfide) groups is 1. The summed E-state index contributed by atoms with van der Waals surface area (Å²) in [6.07, 6.45) is 2.01. The average Bonchev–Trinajstić information content (AvgIpc) is 2.61. The Morgan fingerprint density at radius 1 is 1.20 bits per heavy atom. The van der Waals surface area contributed by atoms with E-state index < -0.39 is 0 Å². The molecule has 0 heterocycles. The molecule has 0 fully saturated rings. The van der Waals surface area contributed by atoms with Crippen molar-refractivity contribution in [1.29, 1.82) is 0 Å². The van der Waals surface area contributed by atoms with Gasteiger partial charge in [0.15, 0.2) is 0 Å². The zero-order valence-electron chi connectivity index (χ0n) is 14.8. The Morgan fingerprint density at radius 3 is 2.60 bits per heavy atom. The van der Waals surface area contributed by atoms with Gasteiger partial charge in [0.25, 0.3) is 0 Å². The third-order valence-electron chi connectivity index (χ3n) is 3.91. The van der Waals surface area contributed by atoms with Crippen LogP contribution in [-0.2, 0) is 4.79 Å². The molecular formula is C19H23BrN2O2S. The summed E-state index contributed by atoms with van der Waals surface area (Å²) in [6.45, 7) is 3.90. The number of anilines is 1. The zero-order valence-corrected chi connectivity index (χ0v) is 17.2. The number of halogens is 1. The number of nitrogens with one attached hydrogen (secondary N) is 2. The van der Waals surface area contributed by atoms with Gasteiger partial charge in [-0.25, -0.2) is 0 Å². The van der Waals surface area contributed by atoms with E-state index in [1.165, 1.54) is 0 Å². The van der Waals surface area contributed by atoms with E-state index in [2.05, 4.69) is 26.6 Å². The SMILES string of the molecule is COc1ccc(C(C)NC(C)C(=O)Nc2cccc(SC)c2)cc1Br. The first-order valence-electron chi connectivity index (χ1n) is 7.99. The molecule has 4 nitrogen and oxygen atoms in total. The minimum atomic E-state index is -0.325. The summed E-state index contributed by atoms with van der Waals surface area (Å²) in [5.41, 5.74) is 1.89. The van der Waals surface area contributed by atoms with E-state index in [1.54, 1.807) is 18.9 Å². The summed E-state index contributed by atoms with van der Waals surface area (Å²) in [6, 6.07) is 13.4. The second kappa shape index (κ2) is 9.27. The van der Waals surface area contributed by atoms with Crippen LogP contribution in [0.25, 0.3) is 0 Å². The van der Waals surface area contributed by atoms with Gasteiger partial charge in [-0.2, -0.15) is 0 Å². The Labute approximate surface area is 161 Å². The van der Waals surface area contributed by atoms with Gasteiger partial charge in [-0.15, -0.1) is 11.8 Å². The van der Waals surface area contributed by atoms with E-state index in [4.69, 9.17) is 4.74 Å². The van der Waals surface area contributed by atoms with Crippen LogP contribution >= 0.6 is 27.7 Å². The number of amides is 1. The highest BCUT2D eigenvalue weighted by Crippen LogP contribution is 2.28. The molecule has 0 aliphatic carbocycles. The number of carbonyl (C=O) groups is 1. The largest absolute Gasteiger partial charge is 0.496 e. The van der Waals surface area contributed by atoms with Crippen molar-refractivity contribution in [3.05, 3.63) is 52.5 Å². The summed E-state index contributed by atoms with van der Waals surface area (Å²) in [4.78, 5) is 13.6. The number of benzene rings is 2. The maximum Gasteiger partial charge on any atom is 0.241 e. The fourth-order valence-electron chi connectivity index (χ4n) is 2.45. The monoisotopic (exact) mass is 422 g/mol. The normalized spacial score (nSPS) is 13.2. The fourth-order valence-corrected chi connectivity index (χ4v) is 3.47. The fraction of sp³-hybridized carbons (Fsp3) is 0.316. The standard InChI is InChI=1S/C19H23BrN2O2S/c1-12(14-8-9-18(24-3)17(20)10-14)21-13(2)19(23)22-15-6-5-7-16(11-15)25-4/h5-13,21H,1-4H3,(H,22,23). The molecule has 2 aromatic rings. The molecule has 134 valence electrons.